The minimum Gasteiger partial charge on any atom is -0.481 e. The summed E-state index contributed by atoms with van der Waals surface area (Å²) >= 11 is 0. The van der Waals surface area contributed by atoms with Gasteiger partial charge in [0, 0.05) is 12.8 Å². The van der Waals surface area contributed by atoms with Crippen LogP contribution in [0.4, 0.5) is 0 Å². The summed E-state index contributed by atoms with van der Waals surface area (Å²) in [7, 11) is 0. The lowest BCUT2D eigenvalue weighted by atomic mass is 9.49. The molecule has 2 fully saturated rings. The second-order valence-electron chi connectivity index (χ2n) is 9.02. The lowest BCUT2D eigenvalue weighted by Gasteiger charge is -2.55. The number of hydrogen-bond acceptors (Lipinski definition) is 3. The Bertz CT molecular complexity index is 649. The van der Waals surface area contributed by atoms with Crippen molar-refractivity contribution in [2.24, 2.45) is 28.6 Å². The molecular formula is C22H32O4. The van der Waals surface area contributed by atoms with E-state index >= 15 is 0 Å². The van der Waals surface area contributed by atoms with Gasteiger partial charge in [-0.3, -0.25) is 9.59 Å². The molecule has 144 valence electrons. The normalized spacial score (nSPS) is 43.4. The summed E-state index contributed by atoms with van der Waals surface area (Å²) in [5.41, 5.74) is 1.57. The van der Waals surface area contributed by atoms with Crippen molar-refractivity contribution in [3.8, 4) is 0 Å². The molecule has 0 spiro atoms. The molecule has 2 N–H and O–H groups in total. The van der Waals surface area contributed by atoms with E-state index in [9.17, 15) is 14.7 Å². The van der Waals surface area contributed by atoms with Crippen molar-refractivity contribution in [1.82, 2.24) is 0 Å². The molecule has 4 rings (SSSR count). The molecule has 4 nitrogen and oxygen atoms in total. The number of aliphatic hydroxyl groups excluding tert-OH is 1. The van der Waals surface area contributed by atoms with Crippen molar-refractivity contribution in [2.45, 2.75) is 71.8 Å². The summed E-state index contributed by atoms with van der Waals surface area (Å²) in [6, 6.07) is 0. The smallest absolute Gasteiger partial charge is 0.303 e. The van der Waals surface area contributed by atoms with Crippen molar-refractivity contribution in [3.05, 3.63) is 23.8 Å². The van der Waals surface area contributed by atoms with E-state index in [1.807, 2.05) is 6.08 Å². The zero-order valence-electron chi connectivity index (χ0n) is 16.2. The first-order valence-corrected chi connectivity index (χ1v) is 10.1. The molecule has 0 aromatic carbocycles. The van der Waals surface area contributed by atoms with Crippen LogP contribution in [-0.4, -0.2) is 28.1 Å². The van der Waals surface area contributed by atoms with Gasteiger partial charge in [-0.15, -0.1) is 0 Å². The second-order valence-corrected chi connectivity index (χ2v) is 9.02. The van der Waals surface area contributed by atoms with Gasteiger partial charge in [0.15, 0.2) is 5.78 Å². The van der Waals surface area contributed by atoms with E-state index in [-0.39, 0.29) is 23.4 Å². The van der Waals surface area contributed by atoms with Gasteiger partial charge in [-0.2, -0.15) is 0 Å². The van der Waals surface area contributed by atoms with Crippen LogP contribution < -0.4 is 0 Å². The van der Waals surface area contributed by atoms with Crippen molar-refractivity contribution < 1.29 is 19.8 Å². The highest BCUT2D eigenvalue weighted by atomic mass is 16.4. The Balaban J connectivity index is 0.000000349. The standard InChI is InChI=1S/C19H26O2.C3H6O2/c1-18-9-7-13(20)11-12(18)3-4-14-15-5-6-17(21)19(15,2)10-8-16(14)18;1-2-3(4)5/h3-4,11,14-17,21H,5-10H2,1-2H3;2H2,1H3,(H,4,5). The average molecular weight is 360 g/mol. The summed E-state index contributed by atoms with van der Waals surface area (Å²) in [4.78, 5) is 21.1. The van der Waals surface area contributed by atoms with Crippen LogP contribution in [0.5, 0.6) is 0 Å². The molecule has 0 amide bonds. The van der Waals surface area contributed by atoms with Crippen LogP contribution in [0.3, 0.4) is 0 Å². The molecule has 0 radical (unpaired) electrons. The summed E-state index contributed by atoms with van der Waals surface area (Å²) in [5.74, 6) is 1.42. The fraction of sp³-hybridized carbons (Fsp3) is 0.727. The van der Waals surface area contributed by atoms with Crippen LogP contribution in [0.1, 0.15) is 65.7 Å². The van der Waals surface area contributed by atoms with E-state index in [4.69, 9.17) is 5.11 Å². The minimum absolute atomic E-state index is 0.116. The Morgan fingerprint density at radius 1 is 1.19 bits per heavy atom. The second kappa shape index (κ2) is 6.95. The summed E-state index contributed by atoms with van der Waals surface area (Å²) in [6.07, 6.45) is 12.8. The number of carbonyl (C=O) groups is 2. The van der Waals surface area contributed by atoms with Gasteiger partial charge in [-0.1, -0.05) is 32.9 Å². The number of ketones is 1. The Hall–Kier alpha value is -1.42. The monoisotopic (exact) mass is 360 g/mol. The molecule has 0 aliphatic heterocycles. The molecule has 26 heavy (non-hydrogen) atoms. The highest BCUT2D eigenvalue weighted by Gasteiger charge is 2.57. The van der Waals surface area contributed by atoms with E-state index in [1.165, 1.54) is 12.0 Å². The number of fused-ring (bicyclic) bond motifs is 5. The third-order valence-electron chi connectivity index (χ3n) is 7.77. The number of carboxylic acid groups (broad SMARTS) is 1. The zero-order valence-corrected chi connectivity index (χ0v) is 16.2. The molecule has 4 aliphatic carbocycles. The molecule has 0 aromatic rings. The Kier molecular flexibility index (Phi) is 5.17. The molecular weight excluding hydrogens is 328 g/mol. The molecule has 0 aromatic heterocycles. The Morgan fingerprint density at radius 2 is 1.88 bits per heavy atom. The van der Waals surface area contributed by atoms with E-state index in [2.05, 4.69) is 26.0 Å². The number of allylic oxidation sites excluding steroid dienone is 4. The molecule has 0 bridgehead atoms. The van der Waals surface area contributed by atoms with Gasteiger partial charge in [0.05, 0.1) is 6.10 Å². The van der Waals surface area contributed by atoms with Gasteiger partial charge in [0.25, 0.3) is 0 Å². The zero-order chi connectivity index (χ0) is 19.1. The van der Waals surface area contributed by atoms with Crippen LogP contribution in [-0.2, 0) is 9.59 Å². The van der Waals surface area contributed by atoms with E-state index in [0.29, 0.717) is 30.0 Å². The van der Waals surface area contributed by atoms with Crippen molar-refractivity contribution in [2.75, 3.05) is 0 Å². The van der Waals surface area contributed by atoms with Gasteiger partial charge >= 0.3 is 5.97 Å². The number of carboxylic acids is 1. The predicted octanol–water partition coefficient (Wildman–Crippen LogP) is 4.14. The van der Waals surface area contributed by atoms with Crippen LogP contribution in [0.15, 0.2) is 23.8 Å². The van der Waals surface area contributed by atoms with Crippen molar-refractivity contribution >= 4 is 11.8 Å². The highest BCUT2D eigenvalue weighted by Crippen LogP contribution is 2.63. The lowest BCUT2D eigenvalue weighted by molar-refractivity contribution is -0.136. The molecule has 0 saturated heterocycles. The Morgan fingerprint density at radius 3 is 2.54 bits per heavy atom. The molecule has 6 atom stereocenters. The first kappa shape index (κ1) is 19.3. The third-order valence-corrected chi connectivity index (χ3v) is 7.77. The number of hydrogen-bond donors (Lipinski definition) is 2. The summed E-state index contributed by atoms with van der Waals surface area (Å²) in [6.45, 7) is 6.28. The van der Waals surface area contributed by atoms with Crippen LogP contribution >= 0.6 is 0 Å². The van der Waals surface area contributed by atoms with Crippen LogP contribution in [0.2, 0.25) is 0 Å². The molecule has 4 aliphatic rings. The molecule has 6 unspecified atom stereocenters. The number of aliphatic carboxylic acids is 1. The van der Waals surface area contributed by atoms with E-state index in [1.54, 1.807) is 6.92 Å². The minimum atomic E-state index is -0.745. The maximum absolute atomic E-state index is 11.8. The topological polar surface area (TPSA) is 74.6 Å². The number of rotatable bonds is 1. The third kappa shape index (κ3) is 3.06. The maximum atomic E-state index is 11.8. The molecule has 4 heteroatoms. The first-order chi connectivity index (χ1) is 12.2. The fourth-order valence-corrected chi connectivity index (χ4v) is 5.97. The predicted molar refractivity (Wildman–Crippen MR) is 101 cm³/mol. The van der Waals surface area contributed by atoms with Crippen LogP contribution in [0, 0.1) is 28.6 Å². The number of aliphatic hydroxyl groups is 1. The largest absolute Gasteiger partial charge is 0.481 e. The Labute approximate surface area is 156 Å². The molecule has 0 heterocycles. The van der Waals surface area contributed by atoms with E-state index < -0.39 is 5.97 Å². The maximum Gasteiger partial charge on any atom is 0.303 e. The average Bonchev–Trinajstić information content (AvgIpc) is 2.91. The highest BCUT2D eigenvalue weighted by molar-refractivity contribution is 5.92. The van der Waals surface area contributed by atoms with E-state index in [0.717, 1.165) is 25.7 Å². The van der Waals surface area contributed by atoms with Crippen molar-refractivity contribution in [3.63, 3.8) is 0 Å². The van der Waals surface area contributed by atoms with Gasteiger partial charge in [-0.05, 0) is 72.3 Å². The SMILES string of the molecule is CC12CCC(=O)C=C1C=CC1C2CCC2(C)C(O)CCC12.CCC(=O)O. The fourth-order valence-electron chi connectivity index (χ4n) is 5.97. The first-order valence-electron chi connectivity index (χ1n) is 10.1. The van der Waals surface area contributed by atoms with Gasteiger partial charge in [0.1, 0.15) is 0 Å². The van der Waals surface area contributed by atoms with Gasteiger partial charge < -0.3 is 10.2 Å². The van der Waals surface area contributed by atoms with Gasteiger partial charge in [-0.25, -0.2) is 0 Å². The van der Waals surface area contributed by atoms with Gasteiger partial charge in [0.2, 0.25) is 0 Å². The van der Waals surface area contributed by atoms with Crippen LogP contribution in [0.25, 0.3) is 0 Å². The quantitative estimate of drug-likeness (QED) is 0.737. The number of carbonyl (C=O) groups excluding carboxylic acids is 1. The lowest BCUT2D eigenvalue weighted by Crippen LogP contribution is -2.49. The molecule has 2 saturated carbocycles. The summed E-state index contributed by atoms with van der Waals surface area (Å²) < 4.78 is 0. The summed E-state index contributed by atoms with van der Waals surface area (Å²) in [5, 5.41) is 18.1. The van der Waals surface area contributed by atoms with Crippen molar-refractivity contribution in [1.29, 1.82) is 0 Å².